The molecule has 8 heteroatoms. The van der Waals surface area contributed by atoms with Crippen LogP contribution in [0, 0.1) is 0 Å². The monoisotopic (exact) mass is 316 g/mol. The van der Waals surface area contributed by atoms with E-state index in [1.54, 1.807) is 36.9 Å². The molecule has 22 heavy (non-hydrogen) atoms. The van der Waals surface area contributed by atoms with E-state index in [-0.39, 0.29) is 5.91 Å². The van der Waals surface area contributed by atoms with Crippen molar-refractivity contribution in [2.45, 2.75) is 5.16 Å². The lowest BCUT2D eigenvalue weighted by Crippen LogP contribution is -2.49. The smallest absolute Gasteiger partial charge is 0.233 e. The maximum absolute atomic E-state index is 12.2. The molecule has 1 saturated heterocycles. The number of anilines is 1. The average molecular weight is 316 g/mol. The van der Waals surface area contributed by atoms with Crippen LogP contribution >= 0.6 is 11.8 Å². The maximum Gasteiger partial charge on any atom is 0.233 e. The Morgan fingerprint density at radius 3 is 2.18 bits per heavy atom. The molecule has 0 N–H and O–H groups in total. The Hall–Kier alpha value is -2.22. The first-order chi connectivity index (χ1) is 10.8. The fraction of sp³-hybridized carbons (Fsp3) is 0.357. The van der Waals surface area contributed by atoms with Crippen molar-refractivity contribution in [2.75, 3.05) is 36.8 Å². The summed E-state index contributed by atoms with van der Waals surface area (Å²) in [5, 5.41) is 0.632. The third-order valence-electron chi connectivity index (χ3n) is 3.33. The molecule has 3 rings (SSSR count). The van der Waals surface area contributed by atoms with E-state index in [4.69, 9.17) is 0 Å². The van der Waals surface area contributed by atoms with Crippen LogP contribution in [0.4, 0.5) is 5.95 Å². The predicted octanol–water partition coefficient (Wildman–Crippen LogP) is 0.707. The molecule has 7 nitrogen and oxygen atoms in total. The van der Waals surface area contributed by atoms with Crippen LogP contribution in [-0.2, 0) is 4.79 Å². The Kier molecular flexibility index (Phi) is 4.79. The van der Waals surface area contributed by atoms with Crippen molar-refractivity contribution in [3.8, 4) is 0 Å². The van der Waals surface area contributed by atoms with Crippen LogP contribution in [0.15, 0.2) is 42.1 Å². The van der Waals surface area contributed by atoms with Crippen LogP contribution in [0.3, 0.4) is 0 Å². The van der Waals surface area contributed by atoms with Gasteiger partial charge >= 0.3 is 0 Å². The van der Waals surface area contributed by atoms with Crippen molar-refractivity contribution in [1.82, 2.24) is 24.8 Å². The van der Waals surface area contributed by atoms with Crippen LogP contribution in [0.1, 0.15) is 0 Å². The van der Waals surface area contributed by atoms with Gasteiger partial charge in [-0.05, 0) is 12.1 Å². The first-order valence-electron chi connectivity index (χ1n) is 7.02. The maximum atomic E-state index is 12.2. The molecule has 0 atom stereocenters. The standard InChI is InChI=1S/C14H16N6OS/c21-12(11-22-14-17-5-2-6-18-14)19-7-9-20(10-8-19)13-15-3-1-4-16-13/h1-6H,7-11H2. The number of carbonyl (C=O) groups is 1. The highest BCUT2D eigenvalue weighted by Gasteiger charge is 2.22. The van der Waals surface area contributed by atoms with Gasteiger partial charge in [-0.2, -0.15) is 0 Å². The molecule has 1 amide bonds. The van der Waals surface area contributed by atoms with Gasteiger partial charge in [0.15, 0.2) is 5.16 Å². The molecule has 1 fully saturated rings. The van der Waals surface area contributed by atoms with Crippen molar-refractivity contribution in [3.05, 3.63) is 36.9 Å². The van der Waals surface area contributed by atoms with Crippen LogP contribution in [0.5, 0.6) is 0 Å². The Bertz CT molecular complexity index is 603. The third kappa shape index (κ3) is 3.70. The van der Waals surface area contributed by atoms with Gasteiger partial charge in [0.05, 0.1) is 5.75 Å². The molecule has 0 aromatic carbocycles. The fourth-order valence-corrected chi connectivity index (χ4v) is 2.89. The van der Waals surface area contributed by atoms with Crippen LogP contribution < -0.4 is 4.90 Å². The van der Waals surface area contributed by atoms with Gasteiger partial charge in [0.1, 0.15) is 0 Å². The van der Waals surface area contributed by atoms with Gasteiger partial charge < -0.3 is 9.80 Å². The Balaban J connectivity index is 1.48. The number of thioether (sulfide) groups is 1. The Morgan fingerprint density at radius 2 is 1.55 bits per heavy atom. The molecule has 0 aliphatic carbocycles. The number of amides is 1. The molecule has 2 aromatic heterocycles. The van der Waals surface area contributed by atoms with Gasteiger partial charge in [0, 0.05) is 51.0 Å². The van der Waals surface area contributed by atoms with Gasteiger partial charge in [-0.3, -0.25) is 4.79 Å². The molecule has 114 valence electrons. The van der Waals surface area contributed by atoms with Crippen molar-refractivity contribution < 1.29 is 4.79 Å². The largest absolute Gasteiger partial charge is 0.338 e. The fourth-order valence-electron chi connectivity index (χ4n) is 2.19. The van der Waals surface area contributed by atoms with Crippen molar-refractivity contribution in [2.24, 2.45) is 0 Å². The average Bonchev–Trinajstić information content (AvgIpc) is 2.61. The lowest BCUT2D eigenvalue weighted by Gasteiger charge is -2.34. The molecule has 0 spiro atoms. The molecule has 0 saturated carbocycles. The normalized spacial score (nSPS) is 14.9. The molecule has 0 bridgehead atoms. The van der Waals surface area contributed by atoms with Gasteiger partial charge in [0.25, 0.3) is 0 Å². The van der Waals surface area contributed by atoms with E-state index in [1.165, 1.54) is 11.8 Å². The van der Waals surface area contributed by atoms with Crippen LogP contribution in [0.2, 0.25) is 0 Å². The summed E-state index contributed by atoms with van der Waals surface area (Å²) in [6.07, 6.45) is 6.82. The molecular weight excluding hydrogens is 300 g/mol. The van der Waals surface area contributed by atoms with E-state index >= 15 is 0 Å². The van der Waals surface area contributed by atoms with Gasteiger partial charge in [0.2, 0.25) is 11.9 Å². The summed E-state index contributed by atoms with van der Waals surface area (Å²) >= 11 is 1.37. The second kappa shape index (κ2) is 7.17. The number of hydrogen-bond acceptors (Lipinski definition) is 7. The van der Waals surface area contributed by atoms with Gasteiger partial charge in [-0.1, -0.05) is 11.8 Å². The van der Waals surface area contributed by atoms with Crippen LogP contribution in [0.25, 0.3) is 0 Å². The highest BCUT2D eigenvalue weighted by molar-refractivity contribution is 7.99. The number of piperazine rings is 1. The third-order valence-corrected chi connectivity index (χ3v) is 4.19. The van der Waals surface area contributed by atoms with Crippen LogP contribution in [-0.4, -0.2) is 62.7 Å². The number of carbonyl (C=O) groups excluding carboxylic acids is 1. The predicted molar refractivity (Wildman–Crippen MR) is 83.6 cm³/mol. The zero-order chi connectivity index (χ0) is 15.2. The van der Waals surface area contributed by atoms with E-state index in [2.05, 4.69) is 24.8 Å². The first kappa shape index (κ1) is 14.7. The summed E-state index contributed by atoms with van der Waals surface area (Å²) in [6, 6.07) is 3.56. The molecule has 0 unspecified atom stereocenters. The minimum Gasteiger partial charge on any atom is -0.338 e. The van der Waals surface area contributed by atoms with Gasteiger partial charge in [-0.15, -0.1) is 0 Å². The minimum atomic E-state index is 0.117. The summed E-state index contributed by atoms with van der Waals surface area (Å²) in [4.78, 5) is 32.9. The van der Waals surface area contributed by atoms with E-state index in [1.807, 2.05) is 4.90 Å². The number of aromatic nitrogens is 4. The molecule has 1 aliphatic heterocycles. The highest BCUT2D eigenvalue weighted by atomic mass is 32.2. The molecule has 0 radical (unpaired) electrons. The lowest BCUT2D eigenvalue weighted by molar-refractivity contribution is -0.128. The number of rotatable bonds is 4. The van der Waals surface area contributed by atoms with E-state index in [9.17, 15) is 4.79 Å². The second-order valence-electron chi connectivity index (χ2n) is 4.74. The molecule has 1 aliphatic rings. The zero-order valence-corrected chi connectivity index (χ0v) is 12.8. The molecule has 2 aromatic rings. The zero-order valence-electron chi connectivity index (χ0n) is 12.0. The number of nitrogens with zero attached hydrogens (tertiary/aromatic N) is 6. The van der Waals surface area contributed by atoms with Crippen molar-refractivity contribution in [3.63, 3.8) is 0 Å². The summed E-state index contributed by atoms with van der Waals surface area (Å²) in [5.74, 6) is 1.21. The van der Waals surface area contributed by atoms with Gasteiger partial charge in [-0.25, -0.2) is 19.9 Å². The summed E-state index contributed by atoms with van der Waals surface area (Å²) < 4.78 is 0. The highest BCUT2D eigenvalue weighted by Crippen LogP contribution is 2.14. The number of hydrogen-bond donors (Lipinski definition) is 0. The molecular formula is C14H16N6OS. The SMILES string of the molecule is O=C(CSc1ncccn1)N1CCN(c2ncccn2)CC1. The Labute approximate surface area is 132 Å². The molecule has 3 heterocycles. The summed E-state index contributed by atoms with van der Waals surface area (Å²) in [5.41, 5.74) is 0. The lowest BCUT2D eigenvalue weighted by atomic mass is 10.3. The Morgan fingerprint density at radius 1 is 0.955 bits per heavy atom. The second-order valence-corrected chi connectivity index (χ2v) is 5.68. The summed E-state index contributed by atoms with van der Waals surface area (Å²) in [7, 11) is 0. The minimum absolute atomic E-state index is 0.117. The quantitative estimate of drug-likeness (QED) is 0.607. The van der Waals surface area contributed by atoms with E-state index < -0.39 is 0 Å². The summed E-state index contributed by atoms with van der Waals surface area (Å²) in [6.45, 7) is 2.88. The van der Waals surface area contributed by atoms with Crippen molar-refractivity contribution >= 4 is 23.6 Å². The van der Waals surface area contributed by atoms with E-state index in [0.717, 1.165) is 19.0 Å². The van der Waals surface area contributed by atoms with E-state index in [0.29, 0.717) is 24.0 Å². The topological polar surface area (TPSA) is 75.1 Å². The van der Waals surface area contributed by atoms with Crippen molar-refractivity contribution in [1.29, 1.82) is 0 Å². The first-order valence-corrected chi connectivity index (χ1v) is 8.01.